The third-order valence-electron chi connectivity index (χ3n) is 3.17. The van der Waals surface area contributed by atoms with E-state index in [9.17, 15) is 12.8 Å². The van der Waals surface area contributed by atoms with E-state index in [0.717, 1.165) is 11.3 Å². The van der Waals surface area contributed by atoms with Crippen LogP contribution in [0.5, 0.6) is 5.75 Å². The van der Waals surface area contributed by atoms with Crippen molar-refractivity contribution in [1.29, 1.82) is 0 Å². The molecule has 0 amide bonds. The Morgan fingerprint density at radius 2 is 2.26 bits per heavy atom. The number of hydrogen-bond donors (Lipinski definition) is 1. The van der Waals surface area contributed by atoms with Crippen LogP contribution in [0.3, 0.4) is 0 Å². The molecule has 1 aromatic carbocycles. The average Bonchev–Trinajstić information content (AvgIpc) is 2.76. The number of fused-ring (bicyclic) bond motifs is 1. The molecule has 1 aromatic rings. The molecule has 106 valence electrons. The Morgan fingerprint density at radius 1 is 1.47 bits per heavy atom. The predicted octanol–water partition coefficient (Wildman–Crippen LogP) is 1.15. The van der Waals surface area contributed by atoms with Crippen LogP contribution in [0.15, 0.2) is 18.2 Å². The fourth-order valence-corrected chi connectivity index (χ4v) is 2.78. The van der Waals surface area contributed by atoms with Crippen molar-refractivity contribution in [3.05, 3.63) is 29.6 Å². The van der Waals surface area contributed by atoms with E-state index in [1.807, 2.05) is 0 Å². The van der Waals surface area contributed by atoms with E-state index in [1.54, 1.807) is 13.0 Å². The van der Waals surface area contributed by atoms with Gasteiger partial charge in [0.15, 0.2) is 9.84 Å². The van der Waals surface area contributed by atoms with Crippen LogP contribution in [0, 0.1) is 5.82 Å². The quantitative estimate of drug-likeness (QED) is 0.798. The van der Waals surface area contributed by atoms with Crippen molar-refractivity contribution in [2.24, 2.45) is 0 Å². The van der Waals surface area contributed by atoms with Crippen molar-refractivity contribution in [2.45, 2.75) is 19.4 Å². The summed E-state index contributed by atoms with van der Waals surface area (Å²) in [5, 5.41) is 3.07. The van der Waals surface area contributed by atoms with Crippen LogP contribution in [0.4, 0.5) is 4.39 Å². The van der Waals surface area contributed by atoms with Crippen LogP contribution < -0.4 is 10.1 Å². The molecule has 0 saturated heterocycles. The Hall–Kier alpha value is -1.14. The highest BCUT2D eigenvalue weighted by Gasteiger charge is 2.22. The molecular weight excluding hydrogens is 269 g/mol. The summed E-state index contributed by atoms with van der Waals surface area (Å²) < 4.78 is 41.3. The van der Waals surface area contributed by atoms with Gasteiger partial charge < -0.3 is 10.1 Å². The molecule has 1 aliphatic rings. The average molecular weight is 287 g/mol. The highest BCUT2D eigenvalue weighted by atomic mass is 32.2. The van der Waals surface area contributed by atoms with Gasteiger partial charge in [0.2, 0.25) is 0 Å². The maximum atomic E-state index is 13.0. The van der Waals surface area contributed by atoms with Crippen LogP contribution in [-0.2, 0) is 16.3 Å². The summed E-state index contributed by atoms with van der Waals surface area (Å²) in [6, 6.07) is 4.49. The Bertz CT molecular complexity index is 545. The Labute approximate surface area is 112 Å². The zero-order valence-corrected chi connectivity index (χ0v) is 11.7. The first kappa shape index (κ1) is 14.3. The van der Waals surface area contributed by atoms with Crippen LogP contribution in [0.1, 0.15) is 12.5 Å². The molecule has 0 fully saturated rings. The van der Waals surface area contributed by atoms with Gasteiger partial charge in [-0.05, 0) is 18.2 Å². The van der Waals surface area contributed by atoms with Crippen molar-refractivity contribution < 1.29 is 17.5 Å². The first-order valence-corrected chi connectivity index (χ1v) is 8.18. The predicted molar refractivity (Wildman–Crippen MR) is 71.7 cm³/mol. The minimum absolute atomic E-state index is 0.0545. The first-order valence-electron chi connectivity index (χ1n) is 6.36. The maximum Gasteiger partial charge on any atom is 0.151 e. The van der Waals surface area contributed by atoms with Gasteiger partial charge >= 0.3 is 0 Å². The van der Waals surface area contributed by atoms with E-state index >= 15 is 0 Å². The standard InChI is InChI=1S/C13H18FNO3S/c1-2-19(16,17)6-5-15-9-12-8-10-7-11(14)3-4-13(10)18-12/h3-4,7,12,15H,2,5-6,8-9H2,1H3. The molecule has 0 radical (unpaired) electrons. The fourth-order valence-electron chi connectivity index (χ4n) is 2.04. The third kappa shape index (κ3) is 3.91. The number of hydrogen-bond acceptors (Lipinski definition) is 4. The molecule has 1 heterocycles. The lowest BCUT2D eigenvalue weighted by Gasteiger charge is -2.11. The van der Waals surface area contributed by atoms with Gasteiger partial charge in [-0.15, -0.1) is 0 Å². The van der Waals surface area contributed by atoms with Crippen LogP contribution in [0.25, 0.3) is 0 Å². The Kier molecular flexibility index (Phi) is 4.42. The molecule has 19 heavy (non-hydrogen) atoms. The third-order valence-corrected chi connectivity index (χ3v) is 4.87. The van der Waals surface area contributed by atoms with Crippen molar-refractivity contribution >= 4 is 9.84 Å². The van der Waals surface area contributed by atoms with Gasteiger partial charge in [0, 0.05) is 30.8 Å². The van der Waals surface area contributed by atoms with E-state index in [0.29, 0.717) is 19.5 Å². The van der Waals surface area contributed by atoms with E-state index in [4.69, 9.17) is 4.74 Å². The SMILES string of the molecule is CCS(=O)(=O)CCNCC1Cc2cc(F)ccc2O1. The molecule has 1 unspecified atom stereocenters. The monoisotopic (exact) mass is 287 g/mol. The highest BCUT2D eigenvalue weighted by Crippen LogP contribution is 2.28. The molecule has 4 nitrogen and oxygen atoms in total. The molecule has 0 spiro atoms. The van der Waals surface area contributed by atoms with Crippen molar-refractivity contribution in [2.75, 3.05) is 24.6 Å². The summed E-state index contributed by atoms with van der Waals surface area (Å²) in [5.74, 6) is 0.760. The molecule has 1 atom stereocenters. The largest absolute Gasteiger partial charge is 0.488 e. The number of nitrogens with one attached hydrogen (secondary N) is 1. The fraction of sp³-hybridized carbons (Fsp3) is 0.538. The molecule has 1 aliphatic heterocycles. The normalized spacial score (nSPS) is 18.1. The lowest BCUT2D eigenvalue weighted by molar-refractivity contribution is 0.229. The van der Waals surface area contributed by atoms with E-state index in [-0.39, 0.29) is 23.4 Å². The number of sulfone groups is 1. The number of rotatable bonds is 6. The molecule has 6 heteroatoms. The highest BCUT2D eigenvalue weighted by molar-refractivity contribution is 7.91. The molecule has 0 bridgehead atoms. The smallest absolute Gasteiger partial charge is 0.151 e. The summed E-state index contributed by atoms with van der Waals surface area (Å²) in [4.78, 5) is 0. The lowest BCUT2D eigenvalue weighted by Crippen LogP contribution is -2.33. The van der Waals surface area contributed by atoms with Crippen molar-refractivity contribution in [1.82, 2.24) is 5.32 Å². The summed E-state index contributed by atoms with van der Waals surface area (Å²) >= 11 is 0. The van der Waals surface area contributed by atoms with Gasteiger partial charge in [-0.25, -0.2) is 12.8 Å². The Balaban J connectivity index is 1.75. The van der Waals surface area contributed by atoms with Crippen molar-refractivity contribution in [3.8, 4) is 5.75 Å². The molecule has 0 saturated carbocycles. The second-order valence-electron chi connectivity index (χ2n) is 4.64. The van der Waals surface area contributed by atoms with Crippen LogP contribution in [-0.4, -0.2) is 39.1 Å². The summed E-state index contributed by atoms with van der Waals surface area (Å²) in [7, 11) is -2.93. The second-order valence-corrected chi connectivity index (χ2v) is 7.11. The minimum Gasteiger partial charge on any atom is -0.488 e. The van der Waals surface area contributed by atoms with Gasteiger partial charge in [0.1, 0.15) is 17.7 Å². The summed E-state index contributed by atoms with van der Waals surface area (Å²) in [5.41, 5.74) is 0.868. The number of benzene rings is 1. The number of ether oxygens (including phenoxy) is 1. The van der Waals surface area contributed by atoms with Gasteiger partial charge in [0.25, 0.3) is 0 Å². The van der Waals surface area contributed by atoms with E-state index in [1.165, 1.54) is 12.1 Å². The summed E-state index contributed by atoms with van der Waals surface area (Å²) in [6.45, 7) is 2.62. The molecule has 2 rings (SSSR count). The first-order chi connectivity index (χ1) is 9.00. The van der Waals surface area contributed by atoms with Crippen molar-refractivity contribution in [3.63, 3.8) is 0 Å². The van der Waals surface area contributed by atoms with E-state index in [2.05, 4.69) is 5.32 Å². The zero-order valence-electron chi connectivity index (χ0n) is 10.9. The van der Waals surface area contributed by atoms with Crippen LogP contribution >= 0.6 is 0 Å². The minimum atomic E-state index is -2.93. The zero-order chi connectivity index (χ0) is 13.9. The molecular formula is C13H18FNO3S. The lowest BCUT2D eigenvalue weighted by atomic mass is 10.1. The molecule has 0 aliphatic carbocycles. The number of halogens is 1. The van der Waals surface area contributed by atoms with E-state index < -0.39 is 9.84 Å². The second kappa shape index (κ2) is 5.88. The van der Waals surface area contributed by atoms with Gasteiger partial charge in [-0.1, -0.05) is 6.92 Å². The summed E-state index contributed by atoms with van der Waals surface area (Å²) in [6.07, 6.45) is 0.599. The van der Waals surface area contributed by atoms with Gasteiger partial charge in [-0.2, -0.15) is 0 Å². The van der Waals surface area contributed by atoms with Gasteiger partial charge in [0.05, 0.1) is 5.75 Å². The van der Waals surface area contributed by atoms with Gasteiger partial charge in [-0.3, -0.25) is 0 Å². The van der Waals surface area contributed by atoms with Crippen LogP contribution in [0.2, 0.25) is 0 Å². The molecule has 1 N–H and O–H groups in total. The maximum absolute atomic E-state index is 13.0. The topological polar surface area (TPSA) is 55.4 Å². The Morgan fingerprint density at radius 3 is 3.00 bits per heavy atom. The molecule has 0 aromatic heterocycles.